The molecule has 1 aromatic heterocycles. The lowest BCUT2D eigenvalue weighted by atomic mass is 10.3. The topological polar surface area (TPSA) is 52.2 Å². The van der Waals surface area contributed by atoms with Crippen molar-refractivity contribution in [2.45, 2.75) is 0 Å². The summed E-state index contributed by atoms with van der Waals surface area (Å²) < 4.78 is 0. The third-order valence-electron chi connectivity index (χ3n) is 2.49. The molecule has 0 atom stereocenters. The molecule has 0 spiro atoms. The molecule has 1 fully saturated rings. The summed E-state index contributed by atoms with van der Waals surface area (Å²) in [6, 6.07) is 0. The first kappa shape index (κ1) is 9.21. The molecule has 1 N–H and O–H groups in total. The first-order valence-electron chi connectivity index (χ1n) is 4.74. The molecule has 14 heavy (non-hydrogen) atoms. The number of aromatic amines is 1. The predicted octanol–water partition coefficient (Wildman–Crippen LogP) is -0.203. The van der Waals surface area contributed by atoms with Crippen molar-refractivity contribution in [3.05, 3.63) is 18.2 Å². The van der Waals surface area contributed by atoms with Gasteiger partial charge in [0, 0.05) is 38.6 Å². The first-order chi connectivity index (χ1) is 6.77. The second kappa shape index (κ2) is 3.79. The number of hydrogen-bond acceptors (Lipinski definition) is 3. The highest BCUT2D eigenvalue weighted by Gasteiger charge is 2.21. The molecular formula is C9H14N4O. The molecule has 1 aliphatic heterocycles. The van der Waals surface area contributed by atoms with Crippen LogP contribution >= 0.6 is 0 Å². The lowest BCUT2D eigenvalue weighted by molar-refractivity contribution is 0.0653. The van der Waals surface area contributed by atoms with Crippen LogP contribution < -0.4 is 0 Å². The number of H-pyrrole nitrogens is 1. The maximum absolute atomic E-state index is 11.8. The largest absolute Gasteiger partial charge is 0.341 e. The third kappa shape index (κ3) is 1.77. The van der Waals surface area contributed by atoms with Crippen molar-refractivity contribution < 1.29 is 4.79 Å². The minimum atomic E-state index is 0.00287. The van der Waals surface area contributed by atoms with Gasteiger partial charge >= 0.3 is 0 Å². The number of hydrogen-bond donors (Lipinski definition) is 1. The van der Waals surface area contributed by atoms with Gasteiger partial charge in [-0.15, -0.1) is 0 Å². The molecule has 2 heterocycles. The van der Waals surface area contributed by atoms with Crippen LogP contribution in [0.4, 0.5) is 0 Å². The van der Waals surface area contributed by atoms with Gasteiger partial charge in [-0.05, 0) is 7.05 Å². The molecule has 0 aromatic carbocycles. The average molecular weight is 194 g/mol. The Morgan fingerprint density at radius 2 is 2.14 bits per heavy atom. The summed E-state index contributed by atoms with van der Waals surface area (Å²) in [6.45, 7) is 3.45. The van der Waals surface area contributed by atoms with Crippen LogP contribution in [-0.4, -0.2) is 58.9 Å². The fraction of sp³-hybridized carbons (Fsp3) is 0.556. The van der Waals surface area contributed by atoms with Crippen molar-refractivity contribution in [3.63, 3.8) is 0 Å². The first-order valence-corrected chi connectivity index (χ1v) is 4.74. The maximum Gasteiger partial charge on any atom is 0.289 e. The van der Waals surface area contributed by atoms with Gasteiger partial charge in [-0.1, -0.05) is 0 Å². The van der Waals surface area contributed by atoms with Crippen molar-refractivity contribution in [1.29, 1.82) is 0 Å². The zero-order chi connectivity index (χ0) is 9.97. The van der Waals surface area contributed by atoms with Crippen LogP contribution in [-0.2, 0) is 0 Å². The molecule has 0 saturated carbocycles. The van der Waals surface area contributed by atoms with Gasteiger partial charge < -0.3 is 14.8 Å². The number of piperazine rings is 1. The number of likely N-dealkylation sites (N-methyl/N-ethyl adjacent to an activating group) is 1. The molecule has 76 valence electrons. The molecule has 2 rings (SSSR count). The fourth-order valence-corrected chi connectivity index (χ4v) is 1.54. The molecule has 5 heteroatoms. The zero-order valence-corrected chi connectivity index (χ0v) is 8.23. The predicted molar refractivity (Wildman–Crippen MR) is 52.0 cm³/mol. The molecule has 1 saturated heterocycles. The lowest BCUT2D eigenvalue weighted by Crippen LogP contribution is -2.47. The summed E-state index contributed by atoms with van der Waals surface area (Å²) in [5, 5.41) is 0. The van der Waals surface area contributed by atoms with Crippen LogP contribution in [0.2, 0.25) is 0 Å². The number of rotatable bonds is 1. The van der Waals surface area contributed by atoms with E-state index in [-0.39, 0.29) is 5.91 Å². The summed E-state index contributed by atoms with van der Waals surface area (Å²) in [6.07, 6.45) is 3.27. The molecule has 1 aliphatic rings. The Hall–Kier alpha value is -1.36. The standard InChI is InChI=1S/C9H14N4O/c1-12-4-6-13(7-5-12)9(14)8-10-2-3-11-8/h2-3H,4-7H2,1H3,(H,10,11). The fourth-order valence-electron chi connectivity index (χ4n) is 1.54. The monoisotopic (exact) mass is 194 g/mol. The summed E-state index contributed by atoms with van der Waals surface area (Å²) in [5.41, 5.74) is 0. The quantitative estimate of drug-likeness (QED) is 0.673. The van der Waals surface area contributed by atoms with Crippen LogP contribution in [0, 0.1) is 0 Å². The Morgan fingerprint density at radius 3 is 2.71 bits per heavy atom. The molecule has 0 bridgehead atoms. The van der Waals surface area contributed by atoms with E-state index in [1.165, 1.54) is 0 Å². The molecule has 0 unspecified atom stereocenters. The van der Waals surface area contributed by atoms with E-state index in [1.807, 2.05) is 4.90 Å². The second-order valence-electron chi connectivity index (χ2n) is 3.53. The van der Waals surface area contributed by atoms with E-state index in [4.69, 9.17) is 0 Å². The maximum atomic E-state index is 11.8. The number of nitrogens with one attached hydrogen (secondary N) is 1. The van der Waals surface area contributed by atoms with Crippen LogP contribution in [0.3, 0.4) is 0 Å². The summed E-state index contributed by atoms with van der Waals surface area (Å²) >= 11 is 0. The van der Waals surface area contributed by atoms with Gasteiger partial charge in [-0.2, -0.15) is 0 Å². The number of carbonyl (C=O) groups is 1. The van der Waals surface area contributed by atoms with Gasteiger partial charge in [0.15, 0.2) is 5.82 Å². The van der Waals surface area contributed by atoms with Gasteiger partial charge in [-0.25, -0.2) is 4.98 Å². The van der Waals surface area contributed by atoms with Gasteiger partial charge in [0.05, 0.1) is 0 Å². The molecule has 1 amide bonds. The number of carbonyl (C=O) groups excluding carboxylic acids is 1. The van der Waals surface area contributed by atoms with E-state index in [0.717, 1.165) is 26.2 Å². The second-order valence-corrected chi connectivity index (χ2v) is 3.53. The Balaban J connectivity index is 1.99. The van der Waals surface area contributed by atoms with Crippen molar-refractivity contribution >= 4 is 5.91 Å². The number of nitrogens with zero attached hydrogens (tertiary/aromatic N) is 3. The summed E-state index contributed by atoms with van der Waals surface area (Å²) in [7, 11) is 2.06. The normalized spacial score (nSPS) is 18.5. The molecule has 5 nitrogen and oxygen atoms in total. The van der Waals surface area contributed by atoms with Crippen molar-refractivity contribution in [2.24, 2.45) is 0 Å². The van der Waals surface area contributed by atoms with Crippen molar-refractivity contribution in [1.82, 2.24) is 19.8 Å². The Kier molecular flexibility index (Phi) is 2.49. The van der Waals surface area contributed by atoms with E-state index in [0.29, 0.717) is 5.82 Å². The van der Waals surface area contributed by atoms with Crippen LogP contribution in [0.1, 0.15) is 10.6 Å². The smallest absolute Gasteiger partial charge is 0.289 e. The van der Waals surface area contributed by atoms with Gasteiger partial charge in [0.2, 0.25) is 0 Å². The van der Waals surface area contributed by atoms with E-state index in [9.17, 15) is 4.79 Å². The summed E-state index contributed by atoms with van der Waals surface area (Å²) in [4.78, 5) is 22.6. The highest BCUT2D eigenvalue weighted by molar-refractivity contribution is 5.90. The average Bonchev–Trinajstić information content (AvgIpc) is 2.71. The van der Waals surface area contributed by atoms with Gasteiger partial charge in [-0.3, -0.25) is 4.79 Å². The summed E-state index contributed by atoms with van der Waals surface area (Å²) in [5.74, 6) is 0.442. The molecule has 1 aromatic rings. The van der Waals surface area contributed by atoms with E-state index < -0.39 is 0 Å². The molecule has 0 radical (unpaired) electrons. The number of imidazole rings is 1. The third-order valence-corrected chi connectivity index (χ3v) is 2.49. The lowest BCUT2D eigenvalue weighted by Gasteiger charge is -2.31. The van der Waals surface area contributed by atoms with Crippen LogP contribution in [0.5, 0.6) is 0 Å². The van der Waals surface area contributed by atoms with E-state index >= 15 is 0 Å². The van der Waals surface area contributed by atoms with Crippen molar-refractivity contribution in [2.75, 3.05) is 33.2 Å². The molecule has 0 aliphatic carbocycles. The van der Waals surface area contributed by atoms with Gasteiger partial charge in [0.1, 0.15) is 0 Å². The Bertz CT molecular complexity index is 301. The SMILES string of the molecule is CN1CCN(C(=O)c2ncc[nH]2)CC1. The van der Waals surface area contributed by atoms with Crippen LogP contribution in [0.15, 0.2) is 12.4 Å². The minimum Gasteiger partial charge on any atom is -0.341 e. The van der Waals surface area contributed by atoms with Gasteiger partial charge in [0.25, 0.3) is 5.91 Å². The number of amides is 1. The molecular weight excluding hydrogens is 180 g/mol. The van der Waals surface area contributed by atoms with Crippen molar-refractivity contribution in [3.8, 4) is 0 Å². The van der Waals surface area contributed by atoms with E-state index in [2.05, 4.69) is 21.9 Å². The zero-order valence-electron chi connectivity index (χ0n) is 8.23. The highest BCUT2D eigenvalue weighted by atomic mass is 16.2. The number of aromatic nitrogens is 2. The van der Waals surface area contributed by atoms with Crippen LogP contribution in [0.25, 0.3) is 0 Å². The Labute approximate surface area is 82.7 Å². The Morgan fingerprint density at radius 1 is 1.43 bits per heavy atom. The highest BCUT2D eigenvalue weighted by Crippen LogP contribution is 2.03. The van der Waals surface area contributed by atoms with E-state index in [1.54, 1.807) is 12.4 Å². The minimum absolute atomic E-state index is 0.00287.